The molecule has 0 radical (unpaired) electrons. The normalized spacial score (nSPS) is 18.5. The van der Waals surface area contributed by atoms with Crippen LogP contribution in [0.5, 0.6) is 0 Å². The Labute approximate surface area is 179 Å². The van der Waals surface area contributed by atoms with E-state index in [9.17, 15) is 9.59 Å². The number of ether oxygens (including phenoxy) is 2. The highest BCUT2D eigenvalue weighted by Gasteiger charge is 2.48. The van der Waals surface area contributed by atoms with E-state index in [1.165, 1.54) is 4.90 Å². The van der Waals surface area contributed by atoms with Crippen LogP contribution in [0.2, 0.25) is 5.02 Å². The van der Waals surface area contributed by atoms with E-state index in [1.54, 1.807) is 20.1 Å². The minimum absolute atomic E-state index is 0.174. The lowest BCUT2D eigenvalue weighted by molar-refractivity contribution is -0.153. The van der Waals surface area contributed by atoms with Gasteiger partial charge in [0, 0.05) is 12.1 Å². The fraction of sp³-hybridized carbons (Fsp3) is 0.318. The lowest BCUT2D eigenvalue weighted by atomic mass is 9.89. The van der Waals surface area contributed by atoms with Gasteiger partial charge in [-0.25, -0.2) is 4.98 Å². The minimum atomic E-state index is -1.09. The van der Waals surface area contributed by atoms with E-state index in [-0.39, 0.29) is 19.1 Å². The molecule has 2 aromatic carbocycles. The molecule has 0 saturated carbocycles. The topological polar surface area (TPSA) is 73.7 Å². The second-order valence-corrected chi connectivity index (χ2v) is 7.36. The molecule has 0 fully saturated rings. The SMILES string of the molecule is CCOC(=O)C1C(=O)N(CCOC)c2nc3ccccc3n2C1c1ccccc1Cl. The number of fused-ring (bicyclic) bond motifs is 3. The third kappa shape index (κ3) is 3.34. The Morgan fingerprint density at radius 1 is 1.17 bits per heavy atom. The predicted molar refractivity (Wildman–Crippen MR) is 114 cm³/mol. The van der Waals surface area contributed by atoms with E-state index >= 15 is 0 Å². The summed E-state index contributed by atoms with van der Waals surface area (Å²) in [6.07, 6.45) is 0. The van der Waals surface area contributed by atoms with Crippen molar-refractivity contribution >= 4 is 40.5 Å². The summed E-state index contributed by atoms with van der Waals surface area (Å²) in [4.78, 5) is 32.8. The maximum absolute atomic E-state index is 13.6. The van der Waals surface area contributed by atoms with Gasteiger partial charge in [-0.15, -0.1) is 0 Å². The summed E-state index contributed by atoms with van der Waals surface area (Å²) in [5.74, 6) is -1.59. The first-order chi connectivity index (χ1) is 14.6. The first kappa shape index (κ1) is 20.4. The number of hydrogen-bond donors (Lipinski definition) is 0. The van der Waals surface area contributed by atoms with E-state index in [4.69, 9.17) is 26.1 Å². The molecule has 0 saturated heterocycles. The zero-order valence-electron chi connectivity index (χ0n) is 16.7. The van der Waals surface area contributed by atoms with Gasteiger partial charge in [-0.1, -0.05) is 41.9 Å². The second-order valence-electron chi connectivity index (χ2n) is 6.95. The van der Waals surface area contributed by atoms with Crippen LogP contribution in [0.1, 0.15) is 18.5 Å². The van der Waals surface area contributed by atoms with Crippen LogP contribution in [0.25, 0.3) is 11.0 Å². The van der Waals surface area contributed by atoms with Crippen LogP contribution >= 0.6 is 11.6 Å². The van der Waals surface area contributed by atoms with Crippen molar-refractivity contribution in [3.63, 3.8) is 0 Å². The maximum Gasteiger partial charge on any atom is 0.321 e. The van der Waals surface area contributed by atoms with Crippen molar-refractivity contribution in [2.75, 3.05) is 31.8 Å². The highest BCUT2D eigenvalue weighted by molar-refractivity contribution is 6.31. The maximum atomic E-state index is 13.6. The Balaban J connectivity index is 2.00. The average molecular weight is 428 g/mol. The fourth-order valence-electron chi connectivity index (χ4n) is 3.94. The Hall–Kier alpha value is -2.90. The number of esters is 1. The lowest BCUT2D eigenvalue weighted by Gasteiger charge is -2.38. The summed E-state index contributed by atoms with van der Waals surface area (Å²) in [6, 6.07) is 14.1. The van der Waals surface area contributed by atoms with Gasteiger partial charge >= 0.3 is 5.97 Å². The lowest BCUT2D eigenvalue weighted by Crippen LogP contribution is -2.51. The van der Waals surface area contributed by atoms with E-state index in [1.807, 2.05) is 47.0 Å². The largest absolute Gasteiger partial charge is 0.465 e. The molecule has 2 unspecified atom stereocenters. The summed E-state index contributed by atoms with van der Waals surface area (Å²) in [5.41, 5.74) is 2.20. The van der Waals surface area contributed by atoms with Gasteiger partial charge < -0.3 is 14.0 Å². The molecular formula is C22H22ClN3O4. The number of carbonyl (C=O) groups is 2. The predicted octanol–water partition coefficient (Wildman–Crippen LogP) is 3.45. The molecule has 1 aliphatic heterocycles. The smallest absolute Gasteiger partial charge is 0.321 e. The number of hydrogen-bond acceptors (Lipinski definition) is 5. The van der Waals surface area contributed by atoms with Crippen molar-refractivity contribution in [3.8, 4) is 0 Å². The van der Waals surface area contributed by atoms with Crippen LogP contribution in [0, 0.1) is 5.92 Å². The third-order valence-corrected chi connectivity index (χ3v) is 5.57. The van der Waals surface area contributed by atoms with Crippen molar-refractivity contribution in [1.29, 1.82) is 0 Å². The standard InChI is InChI=1S/C22H22ClN3O4/c1-3-30-21(28)18-19(14-8-4-5-9-15(14)23)26-17-11-7-6-10-16(17)24-22(26)25(20(18)27)12-13-29-2/h4-11,18-19H,3,12-13H2,1-2H3. The molecule has 1 aromatic heterocycles. The van der Waals surface area contributed by atoms with Gasteiger partial charge in [-0.3, -0.25) is 14.5 Å². The highest BCUT2D eigenvalue weighted by Crippen LogP contribution is 2.42. The van der Waals surface area contributed by atoms with Crippen LogP contribution in [0.15, 0.2) is 48.5 Å². The number of amides is 1. The van der Waals surface area contributed by atoms with Crippen LogP contribution in [0.4, 0.5) is 5.95 Å². The Kier molecular flexibility index (Phi) is 5.74. The van der Waals surface area contributed by atoms with Crippen LogP contribution in [-0.4, -0.2) is 48.3 Å². The van der Waals surface area contributed by atoms with Gasteiger partial charge in [0.15, 0.2) is 5.92 Å². The van der Waals surface area contributed by atoms with Crippen LogP contribution < -0.4 is 4.90 Å². The van der Waals surface area contributed by atoms with Gasteiger partial charge in [0.05, 0.1) is 36.8 Å². The number of anilines is 1. The Morgan fingerprint density at radius 3 is 2.63 bits per heavy atom. The van der Waals surface area contributed by atoms with E-state index in [0.29, 0.717) is 23.1 Å². The molecule has 2 heterocycles. The Bertz CT molecular complexity index is 1100. The van der Waals surface area contributed by atoms with Gasteiger partial charge in [0.25, 0.3) is 0 Å². The van der Waals surface area contributed by atoms with Crippen molar-refractivity contribution in [3.05, 3.63) is 59.1 Å². The molecule has 0 N–H and O–H groups in total. The van der Waals surface area contributed by atoms with Crippen molar-refractivity contribution in [2.45, 2.75) is 13.0 Å². The first-order valence-corrected chi connectivity index (χ1v) is 10.1. The average Bonchev–Trinajstić information content (AvgIpc) is 3.12. The number of nitrogens with zero attached hydrogens (tertiary/aromatic N) is 3. The number of aromatic nitrogens is 2. The number of rotatable bonds is 6. The molecule has 0 spiro atoms. The number of carbonyl (C=O) groups excluding carboxylic acids is 2. The van der Waals surface area contributed by atoms with Gasteiger partial charge in [-0.2, -0.15) is 0 Å². The van der Waals surface area contributed by atoms with E-state index < -0.39 is 17.9 Å². The van der Waals surface area contributed by atoms with E-state index in [2.05, 4.69) is 0 Å². The van der Waals surface area contributed by atoms with Gasteiger partial charge in [0.1, 0.15) is 0 Å². The van der Waals surface area contributed by atoms with Crippen molar-refractivity contribution < 1.29 is 19.1 Å². The monoisotopic (exact) mass is 427 g/mol. The molecule has 1 amide bonds. The molecule has 4 rings (SSSR count). The second kappa shape index (κ2) is 8.45. The van der Waals surface area contributed by atoms with Crippen molar-refractivity contribution in [2.24, 2.45) is 5.92 Å². The number of benzene rings is 2. The number of imidazole rings is 1. The highest BCUT2D eigenvalue weighted by atomic mass is 35.5. The van der Waals surface area contributed by atoms with Gasteiger partial charge in [0.2, 0.25) is 11.9 Å². The molecule has 30 heavy (non-hydrogen) atoms. The summed E-state index contributed by atoms with van der Waals surface area (Å²) in [6.45, 7) is 2.47. The number of methoxy groups -OCH3 is 1. The minimum Gasteiger partial charge on any atom is -0.465 e. The molecule has 3 aromatic rings. The van der Waals surface area contributed by atoms with E-state index in [0.717, 1.165) is 11.0 Å². The summed E-state index contributed by atoms with van der Waals surface area (Å²) >= 11 is 6.53. The number of para-hydroxylation sites is 2. The van der Waals surface area contributed by atoms with Crippen LogP contribution in [0.3, 0.4) is 0 Å². The van der Waals surface area contributed by atoms with Crippen molar-refractivity contribution in [1.82, 2.24) is 9.55 Å². The molecule has 8 heteroatoms. The molecular weight excluding hydrogens is 406 g/mol. The quantitative estimate of drug-likeness (QED) is 0.445. The molecule has 1 aliphatic rings. The summed E-state index contributed by atoms with van der Waals surface area (Å²) in [7, 11) is 1.56. The molecule has 156 valence electrons. The Morgan fingerprint density at radius 2 is 1.90 bits per heavy atom. The molecule has 7 nitrogen and oxygen atoms in total. The van der Waals surface area contributed by atoms with Crippen LogP contribution in [-0.2, 0) is 19.1 Å². The zero-order chi connectivity index (χ0) is 21.3. The summed E-state index contributed by atoms with van der Waals surface area (Å²) < 4.78 is 12.4. The number of halogens is 1. The summed E-state index contributed by atoms with van der Waals surface area (Å²) in [5, 5.41) is 0.471. The molecule has 2 atom stereocenters. The first-order valence-electron chi connectivity index (χ1n) is 9.76. The zero-order valence-corrected chi connectivity index (χ0v) is 17.5. The fourth-order valence-corrected chi connectivity index (χ4v) is 4.18. The third-order valence-electron chi connectivity index (χ3n) is 5.23. The van der Waals surface area contributed by atoms with Gasteiger partial charge in [-0.05, 0) is 30.7 Å². The molecule has 0 bridgehead atoms. The molecule has 0 aliphatic carbocycles.